The van der Waals surface area contributed by atoms with Crippen molar-refractivity contribution >= 4 is 18.0 Å². The largest absolute Gasteiger partial charge is 0.480 e. The average Bonchev–Trinajstić information content (AvgIpc) is 3.13. The van der Waals surface area contributed by atoms with Crippen LogP contribution in [0.4, 0.5) is 4.79 Å². The minimum Gasteiger partial charge on any atom is -0.480 e. The molecule has 0 fully saturated rings. The number of carbonyl (C=O) groups is 3. The van der Waals surface area contributed by atoms with Crippen LogP contribution in [-0.2, 0) is 14.3 Å². The number of fused-ring (bicyclic) bond motifs is 3. The van der Waals surface area contributed by atoms with Gasteiger partial charge in [0.1, 0.15) is 12.6 Å². The number of benzene rings is 2. The van der Waals surface area contributed by atoms with Crippen LogP contribution in [0.25, 0.3) is 11.1 Å². The molecule has 1 aliphatic carbocycles. The Morgan fingerprint density at radius 1 is 1.00 bits per heavy atom. The van der Waals surface area contributed by atoms with Crippen LogP contribution in [0.2, 0.25) is 0 Å². The number of rotatable bonds is 11. The lowest BCUT2D eigenvalue weighted by Crippen LogP contribution is -2.40. The molecule has 3 N–H and O–H groups in total. The normalized spacial score (nSPS) is 14.0. The van der Waals surface area contributed by atoms with Crippen LogP contribution in [0.1, 0.15) is 56.6 Å². The number of alkyl carbamates (subject to hydrolysis) is 1. The minimum atomic E-state index is -1.02. The van der Waals surface area contributed by atoms with Gasteiger partial charge in [0.25, 0.3) is 0 Å². The monoisotopic (exact) mass is 452 g/mol. The lowest BCUT2D eigenvalue weighted by atomic mass is 9.98. The third-order valence-corrected chi connectivity index (χ3v) is 6.16. The molecule has 0 heterocycles. The fourth-order valence-electron chi connectivity index (χ4n) is 4.20. The topological polar surface area (TPSA) is 105 Å². The second-order valence-corrected chi connectivity index (χ2v) is 8.55. The molecule has 0 radical (unpaired) electrons. The highest BCUT2D eigenvalue weighted by atomic mass is 16.5. The van der Waals surface area contributed by atoms with Gasteiger partial charge in [-0.2, -0.15) is 0 Å². The number of carbonyl (C=O) groups excluding carboxylic acids is 2. The summed E-state index contributed by atoms with van der Waals surface area (Å²) in [4.78, 5) is 35.2. The van der Waals surface area contributed by atoms with Crippen LogP contribution in [-0.4, -0.2) is 42.3 Å². The van der Waals surface area contributed by atoms with E-state index in [4.69, 9.17) is 9.84 Å². The first-order chi connectivity index (χ1) is 15.9. The Morgan fingerprint density at radius 3 is 2.18 bits per heavy atom. The molecular weight excluding hydrogens is 420 g/mol. The summed E-state index contributed by atoms with van der Waals surface area (Å²) in [5.74, 6) is -1.06. The molecule has 0 aromatic heterocycles. The zero-order chi connectivity index (χ0) is 23.8. The molecule has 33 heavy (non-hydrogen) atoms. The summed E-state index contributed by atoms with van der Waals surface area (Å²) >= 11 is 0. The van der Waals surface area contributed by atoms with E-state index in [0.717, 1.165) is 0 Å². The van der Waals surface area contributed by atoms with Crippen molar-refractivity contribution in [2.45, 2.75) is 51.5 Å². The number of ether oxygens (including phenoxy) is 1. The quantitative estimate of drug-likeness (QED) is 0.471. The zero-order valence-electron chi connectivity index (χ0n) is 19.2. The van der Waals surface area contributed by atoms with Crippen molar-refractivity contribution in [1.29, 1.82) is 0 Å². The lowest BCUT2D eigenvalue weighted by Gasteiger charge is -2.16. The summed E-state index contributed by atoms with van der Waals surface area (Å²) in [6.07, 6.45) is 1.48. The molecule has 7 heteroatoms. The predicted octanol–water partition coefficient (Wildman–Crippen LogP) is 4.31. The molecule has 0 aliphatic heterocycles. The van der Waals surface area contributed by atoms with Crippen LogP contribution >= 0.6 is 0 Å². The highest BCUT2D eigenvalue weighted by Gasteiger charge is 2.29. The average molecular weight is 453 g/mol. The first kappa shape index (κ1) is 24.3. The van der Waals surface area contributed by atoms with Gasteiger partial charge in [-0.3, -0.25) is 4.79 Å². The van der Waals surface area contributed by atoms with Crippen molar-refractivity contribution in [2.75, 3.05) is 13.2 Å². The maximum Gasteiger partial charge on any atom is 0.407 e. The van der Waals surface area contributed by atoms with E-state index in [-0.39, 0.29) is 30.8 Å². The standard InChI is InChI=1S/C26H32N2O5/c1-3-23(25(30)31)28-24(29)13-12-17(2)14-15-27-26(32)33-16-22-20-10-6-4-8-18(20)19-9-5-7-11-21(19)22/h4-11,17,22-23H,3,12-16H2,1-2H3,(H,27,32)(H,28,29)(H,30,31). The van der Waals surface area contributed by atoms with Gasteiger partial charge in [-0.1, -0.05) is 62.4 Å². The minimum absolute atomic E-state index is 0.0262. The Bertz CT molecular complexity index is 945. The molecule has 1 aliphatic rings. The van der Waals surface area contributed by atoms with Gasteiger partial charge in [-0.25, -0.2) is 9.59 Å². The Balaban J connectivity index is 1.38. The van der Waals surface area contributed by atoms with Crippen LogP contribution in [0.15, 0.2) is 48.5 Å². The van der Waals surface area contributed by atoms with Crippen LogP contribution in [0.3, 0.4) is 0 Å². The molecule has 2 atom stereocenters. The fourth-order valence-corrected chi connectivity index (χ4v) is 4.20. The van der Waals surface area contributed by atoms with Crippen molar-refractivity contribution in [3.05, 3.63) is 59.7 Å². The summed E-state index contributed by atoms with van der Waals surface area (Å²) in [6, 6.07) is 15.6. The molecule has 7 nitrogen and oxygen atoms in total. The Morgan fingerprint density at radius 2 is 1.61 bits per heavy atom. The van der Waals surface area contributed by atoms with Gasteiger partial charge in [-0.15, -0.1) is 0 Å². The molecular formula is C26H32N2O5. The number of nitrogens with one attached hydrogen (secondary N) is 2. The molecule has 0 spiro atoms. The zero-order valence-corrected chi connectivity index (χ0v) is 19.2. The Hall–Kier alpha value is -3.35. The molecule has 2 amide bonds. The number of hydrogen-bond donors (Lipinski definition) is 3. The SMILES string of the molecule is CCC(NC(=O)CCC(C)CCNC(=O)OCC1c2ccccc2-c2ccccc21)C(=O)O. The van der Waals surface area contributed by atoms with Gasteiger partial charge in [0.05, 0.1) is 0 Å². The summed E-state index contributed by atoms with van der Waals surface area (Å²) in [5, 5.41) is 14.3. The van der Waals surface area contributed by atoms with E-state index in [2.05, 4.69) is 34.9 Å². The Labute approximate surface area is 194 Å². The fraction of sp³-hybridized carbons (Fsp3) is 0.423. The second-order valence-electron chi connectivity index (χ2n) is 8.55. The predicted molar refractivity (Wildman–Crippen MR) is 126 cm³/mol. The van der Waals surface area contributed by atoms with E-state index in [9.17, 15) is 14.4 Å². The highest BCUT2D eigenvalue weighted by Crippen LogP contribution is 2.44. The number of hydrogen-bond acceptors (Lipinski definition) is 4. The number of carboxylic acid groups (broad SMARTS) is 1. The number of aliphatic carboxylic acids is 1. The smallest absolute Gasteiger partial charge is 0.407 e. The van der Waals surface area contributed by atoms with E-state index in [1.165, 1.54) is 22.3 Å². The van der Waals surface area contributed by atoms with E-state index in [0.29, 0.717) is 25.8 Å². The maximum absolute atomic E-state index is 12.2. The molecule has 176 valence electrons. The molecule has 0 bridgehead atoms. The van der Waals surface area contributed by atoms with Crippen molar-refractivity contribution in [3.8, 4) is 11.1 Å². The third kappa shape index (κ3) is 6.34. The van der Waals surface area contributed by atoms with Crippen molar-refractivity contribution in [2.24, 2.45) is 5.92 Å². The van der Waals surface area contributed by atoms with Gasteiger partial charge in [0.15, 0.2) is 0 Å². The third-order valence-electron chi connectivity index (χ3n) is 6.16. The van der Waals surface area contributed by atoms with Crippen LogP contribution in [0.5, 0.6) is 0 Å². The summed E-state index contributed by atoms with van der Waals surface area (Å²) in [6.45, 7) is 4.45. The second kappa shape index (κ2) is 11.5. The lowest BCUT2D eigenvalue weighted by molar-refractivity contribution is -0.141. The van der Waals surface area contributed by atoms with E-state index < -0.39 is 18.1 Å². The van der Waals surface area contributed by atoms with Gasteiger partial charge < -0.3 is 20.5 Å². The molecule has 0 saturated heterocycles. The summed E-state index contributed by atoms with van der Waals surface area (Å²) in [5.41, 5.74) is 4.72. The number of carboxylic acids is 1. The molecule has 2 unspecified atom stereocenters. The first-order valence-electron chi connectivity index (χ1n) is 11.5. The van der Waals surface area contributed by atoms with Gasteiger partial charge in [0.2, 0.25) is 5.91 Å². The van der Waals surface area contributed by atoms with E-state index in [1.54, 1.807) is 6.92 Å². The van der Waals surface area contributed by atoms with Gasteiger partial charge in [-0.05, 0) is 47.4 Å². The van der Waals surface area contributed by atoms with Crippen LogP contribution in [0, 0.1) is 5.92 Å². The molecule has 3 rings (SSSR count). The van der Waals surface area contributed by atoms with E-state index in [1.807, 2.05) is 31.2 Å². The van der Waals surface area contributed by atoms with Crippen molar-refractivity contribution < 1.29 is 24.2 Å². The van der Waals surface area contributed by atoms with Gasteiger partial charge >= 0.3 is 12.1 Å². The Kier molecular flexibility index (Phi) is 8.46. The summed E-state index contributed by atoms with van der Waals surface area (Å²) in [7, 11) is 0. The first-order valence-corrected chi connectivity index (χ1v) is 11.5. The molecule has 2 aromatic rings. The van der Waals surface area contributed by atoms with Crippen molar-refractivity contribution in [3.63, 3.8) is 0 Å². The maximum atomic E-state index is 12.2. The summed E-state index contributed by atoms with van der Waals surface area (Å²) < 4.78 is 5.53. The van der Waals surface area contributed by atoms with Gasteiger partial charge in [0, 0.05) is 18.9 Å². The van der Waals surface area contributed by atoms with E-state index >= 15 is 0 Å². The molecule has 0 saturated carbocycles. The molecule has 2 aromatic carbocycles. The van der Waals surface area contributed by atoms with Crippen molar-refractivity contribution in [1.82, 2.24) is 10.6 Å². The highest BCUT2D eigenvalue weighted by molar-refractivity contribution is 5.83. The number of amides is 2. The van der Waals surface area contributed by atoms with Crippen LogP contribution < -0.4 is 10.6 Å².